The number of benzene rings is 1. The number of unbranched alkanes of at least 4 members (excludes halogenated alkanes) is 1. The van der Waals surface area contributed by atoms with Crippen molar-refractivity contribution in [1.29, 1.82) is 0 Å². The molecule has 18 heavy (non-hydrogen) atoms. The molecule has 0 amide bonds. The number of hydrogen-bond donors (Lipinski definition) is 1. The molecule has 2 rings (SSSR count). The van der Waals surface area contributed by atoms with Crippen molar-refractivity contribution in [2.24, 2.45) is 0 Å². The van der Waals surface area contributed by atoms with E-state index in [-0.39, 0.29) is 11.6 Å². The van der Waals surface area contributed by atoms with Gasteiger partial charge in [-0.25, -0.2) is 4.79 Å². The van der Waals surface area contributed by atoms with Crippen LogP contribution >= 0.6 is 0 Å². The lowest BCUT2D eigenvalue weighted by molar-refractivity contribution is 0.415. The zero-order chi connectivity index (χ0) is 13.0. The number of nitrogens with zero attached hydrogens (tertiary/aromatic N) is 1. The first kappa shape index (κ1) is 12.4. The molecule has 1 heterocycles. The summed E-state index contributed by atoms with van der Waals surface area (Å²) < 4.78 is 10.2. The molecule has 0 aliphatic carbocycles. The molecule has 0 aliphatic heterocycles. The van der Waals surface area contributed by atoms with E-state index in [0.717, 1.165) is 19.4 Å². The van der Waals surface area contributed by atoms with Gasteiger partial charge < -0.3 is 14.5 Å². The Morgan fingerprint density at radius 3 is 3.00 bits per heavy atom. The van der Waals surface area contributed by atoms with Crippen LogP contribution in [0.3, 0.4) is 0 Å². The van der Waals surface area contributed by atoms with E-state index in [1.807, 2.05) is 0 Å². The van der Waals surface area contributed by atoms with Gasteiger partial charge >= 0.3 is 5.63 Å². The van der Waals surface area contributed by atoms with Crippen molar-refractivity contribution in [3.05, 3.63) is 28.6 Å². The summed E-state index contributed by atoms with van der Waals surface area (Å²) >= 11 is 0. The van der Waals surface area contributed by atoms with Gasteiger partial charge in [0.2, 0.25) is 0 Å². The van der Waals surface area contributed by atoms with E-state index in [2.05, 4.69) is 17.2 Å². The molecule has 5 nitrogen and oxygen atoms in total. The molecule has 1 aromatic heterocycles. The number of fused-ring (bicyclic) bond motifs is 1. The van der Waals surface area contributed by atoms with Crippen molar-refractivity contribution in [1.82, 2.24) is 4.98 Å². The van der Waals surface area contributed by atoms with Gasteiger partial charge in [0, 0.05) is 12.6 Å². The monoisotopic (exact) mass is 248 g/mol. The van der Waals surface area contributed by atoms with Crippen LogP contribution < -0.4 is 15.7 Å². The SMILES string of the molecule is CCCCNc1nc2cc(OC)ccc2c(=O)o1. The topological polar surface area (TPSA) is 64.4 Å². The third-order valence-corrected chi connectivity index (χ3v) is 2.64. The molecular weight excluding hydrogens is 232 g/mol. The Labute approximate surface area is 105 Å². The molecule has 1 N–H and O–H groups in total. The summed E-state index contributed by atoms with van der Waals surface area (Å²) in [5.74, 6) is 0.667. The molecule has 0 fully saturated rings. The first-order valence-electron chi connectivity index (χ1n) is 5.97. The molecule has 1 aromatic carbocycles. The van der Waals surface area contributed by atoms with Crippen LogP contribution in [0, 0.1) is 0 Å². The first-order chi connectivity index (χ1) is 8.74. The van der Waals surface area contributed by atoms with Crippen molar-refractivity contribution in [2.75, 3.05) is 19.0 Å². The fourth-order valence-corrected chi connectivity index (χ4v) is 1.63. The lowest BCUT2D eigenvalue weighted by Crippen LogP contribution is -2.08. The highest BCUT2D eigenvalue weighted by Crippen LogP contribution is 2.18. The smallest absolute Gasteiger partial charge is 0.348 e. The van der Waals surface area contributed by atoms with Crippen LogP contribution in [0.25, 0.3) is 10.9 Å². The predicted octanol–water partition coefficient (Wildman–Crippen LogP) is 2.41. The average molecular weight is 248 g/mol. The maximum Gasteiger partial charge on any atom is 0.348 e. The standard InChI is InChI=1S/C13H16N2O3/c1-3-4-7-14-13-15-11-8-9(17-2)5-6-10(11)12(16)18-13/h5-6,8H,3-4,7H2,1-2H3,(H,14,15). The van der Waals surface area contributed by atoms with E-state index < -0.39 is 0 Å². The van der Waals surface area contributed by atoms with Gasteiger partial charge in [0.1, 0.15) is 5.75 Å². The van der Waals surface area contributed by atoms with E-state index in [9.17, 15) is 4.79 Å². The minimum Gasteiger partial charge on any atom is -0.497 e. The van der Waals surface area contributed by atoms with Gasteiger partial charge in [-0.3, -0.25) is 0 Å². The molecule has 0 bridgehead atoms. The summed E-state index contributed by atoms with van der Waals surface area (Å²) in [5, 5.41) is 3.45. The second-order valence-corrected chi connectivity index (χ2v) is 3.97. The van der Waals surface area contributed by atoms with Gasteiger partial charge in [-0.1, -0.05) is 13.3 Å². The van der Waals surface area contributed by atoms with Gasteiger partial charge in [-0.15, -0.1) is 0 Å². The molecule has 0 spiro atoms. The molecular formula is C13H16N2O3. The zero-order valence-electron chi connectivity index (χ0n) is 10.5. The van der Waals surface area contributed by atoms with E-state index in [4.69, 9.17) is 9.15 Å². The van der Waals surface area contributed by atoms with E-state index in [0.29, 0.717) is 16.7 Å². The highest BCUT2D eigenvalue weighted by molar-refractivity contribution is 5.79. The number of rotatable bonds is 5. The van der Waals surface area contributed by atoms with E-state index >= 15 is 0 Å². The van der Waals surface area contributed by atoms with Crippen LogP contribution in [0.1, 0.15) is 19.8 Å². The minimum atomic E-state index is -0.387. The third kappa shape index (κ3) is 2.61. The summed E-state index contributed by atoms with van der Waals surface area (Å²) in [6, 6.07) is 5.35. The predicted molar refractivity (Wildman–Crippen MR) is 70.2 cm³/mol. The molecule has 96 valence electrons. The van der Waals surface area contributed by atoms with Crippen LogP contribution in [0.15, 0.2) is 27.4 Å². The number of ether oxygens (including phenoxy) is 1. The molecule has 0 unspecified atom stereocenters. The van der Waals surface area contributed by atoms with E-state index in [1.165, 1.54) is 0 Å². The summed E-state index contributed by atoms with van der Waals surface area (Å²) in [6.07, 6.45) is 2.07. The first-order valence-corrected chi connectivity index (χ1v) is 5.97. The Hall–Kier alpha value is -2.04. The lowest BCUT2D eigenvalue weighted by atomic mass is 10.2. The summed E-state index contributed by atoms with van der Waals surface area (Å²) in [7, 11) is 1.58. The molecule has 5 heteroatoms. The molecule has 2 aromatic rings. The fraction of sp³-hybridized carbons (Fsp3) is 0.385. The average Bonchev–Trinajstić information content (AvgIpc) is 2.38. The van der Waals surface area contributed by atoms with Crippen molar-refractivity contribution < 1.29 is 9.15 Å². The van der Waals surface area contributed by atoms with Crippen molar-refractivity contribution in [2.45, 2.75) is 19.8 Å². The minimum absolute atomic E-state index is 0.259. The summed E-state index contributed by atoms with van der Waals surface area (Å²) in [6.45, 7) is 2.83. The maximum absolute atomic E-state index is 11.7. The largest absolute Gasteiger partial charge is 0.497 e. The number of aromatic nitrogens is 1. The van der Waals surface area contributed by atoms with Crippen molar-refractivity contribution in [3.63, 3.8) is 0 Å². The van der Waals surface area contributed by atoms with Gasteiger partial charge in [-0.2, -0.15) is 4.98 Å². The molecule has 0 atom stereocenters. The lowest BCUT2D eigenvalue weighted by Gasteiger charge is -2.05. The zero-order valence-corrected chi connectivity index (χ0v) is 10.5. The number of methoxy groups -OCH3 is 1. The van der Waals surface area contributed by atoms with Crippen molar-refractivity contribution >= 4 is 16.9 Å². The number of nitrogens with one attached hydrogen (secondary N) is 1. The second-order valence-electron chi connectivity index (χ2n) is 3.97. The Balaban J connectivity index is 2.36. The highest BCUT2D eigenvalue weighted by atomic mass is 16.5. The van der Waals surface area contributed by atoms with Crippen LogP contribution in [-0.2, 0) is 0 Å². The normalized spacial score (nSPS) is 10.6. The van der Waals surface area contributed by atoms with Crippen LogP contribution in [0.2, 0.25) is 0 Å². The van der Waals surface area contributed by atoms with Gasteiger partial charge in [0.05, 0.1) is 18.0 Å². The van der Waals surface area contributed by atoms with Crippen LogP contribution in [-0.4, -0.2) is 18.6 Å². The second kappa shape index (κ2) is 5.53. The summed E-state index contributed by atoms with van der Waals surface area (Å²) in [4.78, 5) is 16.0. The molecule has 0 radical (unpaired) electrons. The molecule has 0 saturated heterocycles. The Morgan fingerprint density at radius 1 is 1.44 bits per heavy atom. The Kier molecular flexibility index (Phi) is 3.82. The molecule has 0 saturated carbocycles. The van der Waals surface area contributed by atoms with Gasteiger partial charge in [-0.05, 0) is 18.6 Å². The van der Waals surface area contributed by atoms with E-state index in [1.54, 1.807) is 25.3 Å². The summed E-state index contributed by atoms with van der Waals surface area (Å²) in [5.41, 5.74) is 0.186. The maximum atomic E-state index is 11.7. The number of hydrogen-bond acceptors (Lipinski definition) is 5. The molecule has 0 aliphatic rings. The van der Waals surface area contributed by atoms with Crippen LogP contribution in [0.4, 0.5) is 6.01 Å². The van der Waals surface area contributed by atoms with Crippen molar-refractivity contribution in [3.8, 4) is 5.75 Å². The van der Waals surface area contributed by atoms with Crippen LogP contribution in [0.5, 0.6) is 5.75 Å². The number of anilines is 1. The quantitative estimate of drug-likeness (QED) is 0.823. The van der Waals surface area contributed by atoms with Gasteiger partial charge in [0.15, 0.2) is 0 Å². The fourth-order valence-electron chi connectivity index (χ4n) is 1.63. The Morgan fingerprint density at radius 2 is 2.28 bits per heavy atom. The van der Waals surface area contributed by atoms with Gasteiger partial charge in [0.25, 0.3) is 6.01 Å². The third-order valence-electron chi connectivity index (χ3n) is 2.64. The Bertz CT molecular complexity index is 592. The highest BCUT2D eigenvalue weighted by Gasteiger charge is 2.06.